The van der Waals surface area contributed by atoms with E-state index in [0.29, 0.717) is 29.4 Å². The summed E-state index contributed by atoms with van der Waals surface area (Å²) in [5, 5.41) is 6.67. The number of amides is 2. The minimum absolute atomic E-state index is 0.331. The normalized spacial score (nSPS) is 10.6. The zero-order valence-corrected chi connectivity index (χ0v) is 17.2. The molecular formula is C22H27N3O4. The fraction of sp³-hybridized carbons (Fsp3) is 0.318. The monoisotopic (exact) mass is 397 g/mol. The van der Waals surface area contributed by atoms with Crippen LogP contribution in [0.1, 0.15) is 36.5 Å². The highest BCUT2D eigenvalue weighted by Gasteiger charge is 2.11. The number of hydrazone groups is 1. The molecule has 0 saturated heterocycles. The van der Waals surface area contributed by atoms with Crippen molar-refractivity contribution in [2.45, 2.75) is 33.6 Å². The molecule has 2 rings (SSSR count). The van der Waals surface area contributed by atoms with Crippen molar-refractivity contribution in [3.63, 3.8) is 0 Å². The van der Waals surface area contributed by atoms with Crippen LogP contribution in [0.2, 0.25) is 0 Å². The van der Waals surface area contributed by atoms with Crippen LogP contribution < -0.4 is 20.2 Å². The molecule has 2 amide bonds. The molecule has 7 nitrogen and oxygen atoms in total. The number of nitrogens with one attached hydrogen (secondary N) is 2. The molecule has 2 aromatic rings. The Morgan fingerprint density at radius 2 is 1.93 bits per heavy atom. The number of hydrogen-bond donors (Lipinski definition) is 2. The average molecular weight is 397 g/mol. The summed E-state index contributed by atoms with van der Waals surface area (Å²) in [7, 11) is 1.56. The summed E-state index contributed by atoms with van der Waals surface area (Å²) in [5.74, 6) is 0.226. The molecule has 0 heterocycles. The van der Waals surface area contributed by atoms with Crippen molar-refractivity contribution in [3.8, 4) is 11.5 Å². The van der Waals surface area contributed by atoms with Gasteiger partial charge in [-0.2, -0.15) is 5.10 Å². The van der Waals surface area contributed by atoms with Crippen LogP contribution in [0.25, 0.3) is 0 Å². The first kappa shape index (κ1) is 21.9. The van der Waals surface area contributed by atoms with Gasteiger partial charge in [0.1, 0.15) is 6.42 Å². The first-order valence-corrected chi connectivity index (χ1v) is 9.43. The summed E-state index contributed by atoms with van der Waals surface area (Å²) in [6, 6.07) is 11.1. The molecule has 0 aliphatic heterocycles. The van der Waals surface area contributed by atoms with E-state index in [-0.39, 0.29) is 6.42 Å². The van der Waals surface area contributed by atoms with Gasteiger partial charge in [-0.15, -0.1) is 0 Å². The van der Waals surface area contributed by atoms with Crippen molar-refractivity contribution in [2.75, 3.05) is 19.0 Å². The van der Waals surface area contributed by atoms with Crippen molar-refractivity contribution in [1.82, 2.24) is 5.43 Å². The van der Waals surface area contributed by atoms with E-state index in [1.807, 2.05) is 39.0 Å². The molecule has 0 aliphatic rings. The summed E-state index contributed by atoms with van der Waals surface area (Å²) < 4.78 is 11.0. The maximum atomic E-state index is 12.1. The molecule has 0 atom stereocenters. The number of para-hydroxylation sites is 1. The SMILES string of the molecule is CCCOc1c(C=NNC(=O)CC(=O)Nc2ccc(C)cc2C)cccc1OC. The Kier molecular flexibility index (Phi) is 8.21. The number of hydrogen-bond acceptors (Lipinski definition) is 5. The standard InChI is InChI=1S/C22H27N3O4/c1-5-11-29-22-17(7-6-8-19(22)28-4)14-23-25-21(27)13-20(26)24-18-10-9-15(2)12-16(18)3/h6-10,12,14H,5,11,13H2,1-4H3,(H,24,26)(H,25,27). The quantitative estimate of drug-likeness (QED) is 0.385. The van der Waals surface area contributed by atoms with Gasteiger partial charge in [-0.05, 0) is 44.0 Å². The Morgan fingerprint density at radius 3 is 2.62 bits per heavy atom. The minimum Gasteiger partial charge on any atom is -0.493 e. The molecule has 7 heteroatoms. The summed E-state index contributed by atoms with van der Waals surface area (Å²) >= 11 is 0. The molecule has 0 aliphatic carbocycles. The zero-order chi connectivity index (χ0) is 21.2. The molecule has 0 unspecified atom stereocenters. The predicted octanol–water partition coefficient (Wildman–Crippen LogP) is 3.58. The molecule has 154 valence electrons. The van der Waals surface area contributed by atoms with E-state index in [2.05, 4.69) is 15.8 Å². The lowest BCUT2D eigenvalue weighted by molar-refractivity contribution is -0.126. The van der Waals surface area contributed by atoms with Crippen LogP contribution in [0.4, 0.5) is 5.69 Å². The smallest absolute Gasteiger partial charge is 0.249 e. The fourth-order valence-corrected chi connectivity index (χ4v) is 2.66. The van der Waals surface area contributed by atoms with Crippen molar-refractivity contribution in [2.24, 2.45) is 5.10 Å². The first-order valence-electron chi connectivity index (χ1n) is 9.43. The first-order chi connectivity index (χ1) is 13.9. The zero-order valence-electron chi connectivity index (χ0n) is 17.2. The van der Waals surface area contributed by atoms with E-state index in [1.54, 1.807) is 25.3 Å². The van der Waals surface area contributed by atoms with E-state index in [0.717, 1.165) is 17.5 Å². The number of carbonyl (C=O) groups excluding carboxylic acids is 2. The summed E-state index contributed by atoms with van der Waals surface area (Å²) in [6.07, 6.45) is 1.98. The predicted molar refractivity (Wildman–Crippen MR) is 114 cm³/mol. The van der Waals surface area contributed by atoms with Gasteiger partial charge in [0.25, 0.3) is 0 Å². The second-order valence-corrected chi connectivity index (χ2v) is 6.56. The van der Waals surface area contributed by atoms with Crippen LogP contribution in [-0.2, 0) is 9.59 Å². The maximum absolute atomic E-state index is 12.1. The average Bonchev–Trinajstić information content (AvgIpc) is 2.68. The maximum Gasteiger partial charge on any atom is 0.249 e. The number of carbonyl (C=O) groups is 2. The van der Waals surface area contributed by atoms with Crippen molar-refractivity contribution in [3.05, 3.63) is 53.1 Å². The van der Waals surface area contributed by atoms with E-state index < -0.39 is 11.8 Å². The second kappa shape index (κ2) is 10.8. The van der Waals surface area contributed by atoms with Crippen LogP contribution in [0, 0.1) is 13.8 Å². The van der Waals surface area contributed by atoms with Crippen LogP contribution in [-0.4, -0.2) is 31.7 Å². The largest absolute Gasteiger partial charge is 0.493 e. The fourth-order valence-electron chi connectivity index (χ4n) is 2.66. The highest BCUT2D eigenvalue weighted by molar-refractivity contribution is 6.04. The van der Waals surface area contributed by atoms with Crippen molar-refractivity contribution in [1.29, 1.82) is 0 Å². The molecule has 29 heavy (non-hydrogen) atoms. The van der Waals surface area contributed by atoms with E-state index in [1.165, 1.54) is 6.21 Å². The van der Waals surface area contributed by atoms with E-state index >= 15 is 0 Å². The Hall–Kier alpha value is -3.35. The third kappa shape index (κ3) is 6.64. The molecule has 0 fully saturated rings. The number of benzene rings is 2. The summed E-state index contributed by atoms with van der Waals surface area (Å²) in [4.78, 5) is 24.1. The lowest BCUT2D eigenvalue weighted by Gasteiger charge is -2.12. The molecule has 2 aromatic carbocycles. The molecule has 2 N–H and O–H groups in total. The Bertz CT molecular complexity index is 894. The van der Waals surface area contributed by atoms with Gasteiger partial charge in [-0.3, -0.25) is 9.59 Å². The topological polar surface area (TPSA) is 89.0 Å². The lowest BCUT2D eigenvalue weighted by Crippen LogP contribution is -2.24. The van der Waals surface area contributed by atoms with Gasteiger partial charge < -0.3 is 14.8 Å². The molecular weight excluding hydrogens is 370 g/mol. The van der Waals surface area contributed by atoms with Crippen LogP contribution in [0.5, 0.6) is 11.5 Å². The highest BCUT2D eigenvalue weighted by Crippen LogP contribution is 2.30. The number of aryl methyl sites for hydroxylation is 2. The van der Waals surface area contributed by atoms with E-state index in [9.17, 15) is 9.59 Å². The number of nitrogens with zero attached hydrogens (tertiary/aromatic N) is 1. The van der Waals surface area contributed by atoms with Crippen molar-refractivity contribution < 1.29 is 19.1 Å². The number of anilines is 1. The third-order valence-corrected chi connectivity index (χ3v) is 4.05. The van der Waals surface area contributed by atoms with Crippen molar-refractivity contribution >= 4 is 23.7 Å². The highest BCUT2D eigenvalue weighted by atomic mass is 16.5. The lowest BCUT2D eigenvalue weighted by atomic mass is 10.1. The molecule has 0 radical (unpaired) electrons. The van der Waals surface area contributed by atoms with Crippen LogP contribution in [0.3, 0.4) is 0 Å². The minimum atomic E-state index is -0.512. The van der Waals surface area contributed by atoms with Crippen LogP contribution >= 0.6 is 0 Å². The van der Waals surface area contributed by atoms with Gasteiger partial charge in [-0.1, -0.05) is 30.7 Å². The van der Waals surface area contributed by atoms with Gasteiger partial charge in [0.2, 0.25) is 11.8 Å². The number of methoxy groups -OCH3 is 1. The molecule has 0 saturated carbocycles. The van der Waals surface area contributed by atoms with E-state index in [4.69, 9.17) is 9.47 Å². The van der Waals surface area contributed by atoms with Gasteiger partial charge in [-0.25, -0.2) is 5.43 Å². The van der Waals surface area contributed by atoms with Gasteiger partial charge in [0, 0.05) is 11.3 Å². The van der Waals surface area contributed by atoms with Gasteiger partial charge >= 0.3 is 0 Å². The number of rotatable bonds is 9. The Morgan fingerprint density at radius 1 is 1.14 bits per heavy atom. The molecule has 0 aromatic heterocycles. The Balaban J connectivity index is 1.94. The molecule has 0 bridgehead atoms. The van der Waals surface area contributed by atoms with Gasteiger partial charge in [0.05, 0.1) is 19.9 Å². The van der Waals surface area contributed by atoms with Crippen LogP contribution in [0.15, 0.2) is 41.5 Å². The summed E-state index contributed by atoms with van der Waals surface area (Å²) in [5.41, 5.74) is 5.76. The summed E-state index contributed by atoms with van der Waals surface area (Å²) in [6.45, 7) is 6.42. The number of ether oxygens (including phenoxy) is 2. The third-order valence-electron chi connectivity index (χ3n) is 4.05. The van der Waals surface area contributed by atoms with Gasteiger partial charge in [0.15, 0.2) is 11.5 Å². The second-order valence-electron chi connectivity index (χ2n) is 6.56. The molecule has 0 spiro atoms. The Labute approximate surface area is 171 Å².